The van der Waals surface area contributed by atoms with E-state index in [-0.39, 0.29) is 18.4 Å². The lowest BCUT2D eigenvalue weighted by molar-refractivity contribution is -0.141. The number of aryl methyl sites for hydroxylation is 1. The van der Waals surface area contributed by atoms with Gasteiger partial charge in [0.1, 0.15) is 0 Å². The SMILES string of the molecule is CCCCCCCCC(=O)N(CCCOC)CC(=O)N(CCc1ccc(OC)c(OC)c1)Cc1sccc1C. The monoisotopic (exact) mass is 560 g/mol. The topological polar surface area (TPSA) is 68.3 Å². The fourth-order valence-electron chi connectivity index (χ4n) is 4.50. The van der Waals surface area contributed by atoms with Crippen molar-refractivity contribution in [3.05, 3.63) is 45.6 Å². The van der Waals surface area contributed by atoms with Crippen molar-refractivity contribution in [1.82, 2.24) is 9.80 Å². The molecule has 1 aromatic carbocycles. The van der Waals surface area contributed by atoms with Crippen LogP contribution in [-0.4, -0.2) is 69.2 Å². The lowest BCUT2D eigenvalue weighted by Crippen LogP contribution is -2.44. The van der Waals surface area contributed by atoms with Gasteiger partial charge in [-0.3, -0.25) is 9.59 Å². The Bertz CT molecular complexity index is 993. The van der Waals surface area contributed by atoms with Crippen molar-refractivity contribution in [3.8, 4) is 11.5 Å². The van der Waals surface area contributed by atoms with Gasteiger partial charge in [-0.2, -0.15) is 0 Å². The van der Waals surface area contributed by atoms with Crippen LogP contribution in [0.5, 0.6) is 11.5 Å². The molecular formula is C31H48N2O5S. The molecule has 1 heterocycles. The van der Waals surface area contributed by atoms with Crippen LogP contribution in [0.2, 0.25) is 0 Å². The third-order valence-corrected chi connectivity index (χ3v) is 7.98. The van der Waals surface area contributed by atoms with Gasteiger partial charge in [0.2, 0.25) is 11.8 Å². The Labute approximate surface area is 239 Å². The van der Waals surface area contributed by atoms with Crippen molar-refractivity contribution in [1.29, 1.82) is 0 Å². The van der Waals surface area contributed by atoms with Crippen LogP contribution in [0.3, 0.4) is 0 Å². The van der Waals surface area contributed by atoms with E-state index in [4.69, 9.17) is 14.2 Å². The summed E-state index contributed by atoms with van der Waals surface area (Å²) in [6.45, 7) is 6.53. The number of rotatable bonds is 20. The molecule has 0 aliphatic carbocycles. The van der Waals surface area contributed by atoms with Gasteiger partial charge in [0.15, 0.2) is 11.5 Å². The molecular weight excluding hydrogens is 512 g/mol. The molecule has 0 atom stereocenters. The Hall–Kier alpha value is -2.58. The molecule has 0 fully saturated rings. The van der Waals surface area contributed by atoms with Crippen molar-refractivity contribution >= 4 is 23.2 Å². The molecule has 0 aliphatic rings. The maximum atomic E-state index is 13.7. The Morgan fingerprint density at radius 2 is 1.59 bits per heavy atom. The largest absolute Gasteiger partial charge is 0.493 e. The Balaban J connectivity index is 2.10. The fraction of sp³-hybridized carbons (Fsp3) is 0.613. The highest BCUT2D eigenvalue weighted by atomic mass is 32.1. The molecule has 39 heavy (non-hydrogen) atoms. The zero-order valence-electron chi connectivity index (χ0n) is 24.6. The van der Waals surface area contributed by atoms with E-state index >= 15 is 0 Å². The molecule has 1 aromatic heterocycles. The van der Waals surface area contributed by atoms with Crippen LogP contribution in [0.15, 0.2) is 29.6 Å². The molecule has 2 rings (SSSR count). The van der Waals surface area contributed by atoms with E-state index in [2.05, 4.69) is 25.3 Å². The molecule has 0 aliphatic heterocycles. The summed E-state index contributed by atoms with van der Waals surface area (Å²) in [5.41, 5.74) is 2.24. The van der Waals surface area contributed by atoms with Crippen molar-refractivity contribution in [2.24, 2.45) is 0 Å². The molecule has 0 spiro atoms. The smallest absolute Gasteiger partial charge is 0.242 e. The Morgan fingerprint density at radius 3 is 2.26 bits per heavy atom. The average molecular weight is 561 g/mol. The van der Waals surface area contributed by atoms with E-state index in [0.29, 0.717) is 57.0 Å². The minimum absolute atomic E-state index is 0.0306. The van der Waals surface area contributed by atoms with Crippen LogP contribution < -0.4 is 9.47 Å². The number of hydrogen-bond acceptors (Lipinski definition) is 6. The molecule has 218 valence electrons. The number of nitrogens with zero attached hydrogens (tertiary/aromatic N) is 2. The summed E-state index contributed by atoms with van der Waals surface area (Å²) in [5, 5.41) is 2.06. The van der Waals surface area contributed by atoms with Crippen molar-refractivity contribution < 1.29 is 23.8 Å². The summed E-state index contributed by atoms with van der Waals surface area (Å²) >= 11 is 1.66. The lowest BCUT2D eigenvalue weighted by Gasteiger charge is -2.28. The van der Waals surface area contributed by atoms with Gasteiger partial charge < -0.3 is 24.0 Å². The van der Waals surface area contributed by atoms with Gasteiger partial charge in [0.25, 0.3) is 0 Å². The number of benzene rings is 1. The quantitative estimate of drug-likeness (QED) is 0.179. The second-order valence-electron chi connectivity index (χ2n) is 9.96. The molecule has 0 saturated heterocycles. The third-order valence-electron chi connectivity index (χ3n) is 6.97. The first-order valence-electron chi connectivity index (χ1n) is 14.2. The van der Waals surface area contributed by atoms with Crippen LogP contribution in [0.25, 0.3) is 0 Å². The van der Waals surface area contributed by atoms with E-state index in [1.165, 1.54) is 29.7 Å². The number of carbonyl (C=O) groups excluding carboxylic acids is 2. The molecule has 0 bridgehead atoms. The molecule has 7 nitrogen and oxygen atoms in total. The lowest BCUT2D eigenvalue weighted by atomic mass is 10.1. The van der Waals surface area contributed by atoms with Crippen molar-refractivity contribution in [2.45, 2.75) is 78.2 Å². The predicted molar refractivity (Wildman–Crippen MR) is 159 cm³/mol. The zero-order valence-corrected chi connectivity index (χ0v) is 25.4. The van der Waals surface area contributed by atoms with Gasteiger partial charge in [0, 0.05) is 38.1 Å². The number of thiophene rings is 1. The van der Waals surface area contributed by atoms with Crippen LogP contribution in [0.1, 0.15) is 74.3 Å². The Morgan fingerprint density at radius 1 is 0.846 bits per heavy atom. The predicted octanol–water partition coefficient (Wildman–Crippen LogP) is 6.26. The van der Waals surface area contributed by atoms with Gasteiger partial charge in [-0.1, -0.05) is 45.1 Å². The second kappa shape index (κ2) is 18.7. The van der Waals surface area contributed by atoms with Gasteiger partial charge in [-0.15, -0.1) is 11.3 Å². The number of ether oxygens (including phenoxy) is 3. The summed E-state index contributed by atoms with van der Waals surface area (Å²) in [6.07, 6.45) is 8.63. The summed E-state index contributed by atoms with van der Waals surface area (Å²) in [6, 6.07) is 7.93. The highest BCUT2D eigenvalue weighted by molar-refractivity contribution is 7.10. The van der Waals surface area contributed by atoms with Gasteiger partial charge >= 0.3 is 0 Å². The first-order valence-corrected chi connectivity index (χ1v) is 15.1. The van der Waals surface area contributed by atoms with Crippen molar-refractivity contribution in [2.75, 3.05) is 47.6 Å². The third kappa shape index (κ3) is 11.6. The van der Waals surface area contributed by atoms with E-state index in [9.17, 15) is 9.59 Å². The molecule has 0 radical (unpaired) electrons. The normalized spacial score (nSPS) is 10.9. The summed E-state index contributed by atoms with van der Waals surface area (Å²) in [4.78, 5) is 31.6. The summed E-state index contributed by atoms with van der Waals surface area (Å²) in [7, 11) is 4.90. The summed E-state index contributed by atoms with van der Waals surface area (Å²) < 4.78 is 16.0. The number of unbranched alkanes of at least 4 members (excludes halogenated alkanes) is 5. The van der Waals surface area contributed by atoms with E-state index in [0.717, 1.165) is 24.8 Å². The van der Waals surface area contributed by atoms with Crippen LogP contribution in [0, 0.1) is 6.92 Å². The number of carbonyl (C=O) groups is 2. The maximum absolute atomic E-state index is 13.7. The highest BCUT2D eigenvalue weighted by Gasteiger charge is 2.22. The Kier molecular flexibility index (Phi) is 15.6. The molecule has 0 N–H and O–H groups in total. The fourth-order valence-corrected chi connectivity index (χ4v) is 5.42. The van der Waals surface area contributed by atoms with Gasteiger partial charge in [-0.25, -0.2) is 0 Å². The number of hydrogen-bond donors (Lipinski definition) is 0. The van der Waals surface area contributed by atoms with Gasteiger partial charge in [-0.05, 0) is 60.9 Å². The van der Waals surface area contributed by atoms with E-state index in [1.807, 2.05) is 23.1 Å². The molecule has 0 saturated carbocycles. The van der Waals surface area contributed by atoms with E-state index in [1.54, 1.807) is 37.6 Å². The zero-order chi connectivity index (χ0) is 28.5. The first kappa shape index (κ1) is 32.6. The standard InChI is InChI=1S/C31H48N2O5S/c1-6-7-8-9-10-11-13-30(34)32(18-12-20-36-3)24-31(35)33(23-29-25(2)17-21-39-29)19-16-26-14-15-27(37-4)28(22-26)38-5/h14-15,17,21-22H,6-13,16,18-20,23-24H2,1-5H3. The van der Waals surface area contributed by atoms with Crippen LogP contribution in [-0.2, 0) is 27.3 Å². The molecule has 2 amide bonds. The van der Waals surface area contributed by atoms with Gasteiger partial charge in [0.05, 0.1) is 27.3 Å². The molecule has 0 unspecified atom stereocenters. The minimum Gasteiger partial charge on any atom is -0.493 e. The summed E-state index contributed by atoms with van der Waals surface area (Å²) in [5.74, 6) is 1.38. The maximum Gasteiger partial charge on any atom is 0.242 e. The molecule has 2 aromatic rings. The average Bonchev–Trinajstić information content (AvgIpc) is 3.35. The minimum atomic E-state index is -0.0306. The first-order chi connectivity index (χ1) is 18.9. The van der Waals surface area contributed by atoms with Crippen molar-refractivity contribution in [3.63, 3.8) is 0 Å². The second-order valence-corrected chi connectivity index (χ2v) is 11.0. The molecule has 8 heteroatoms. The number of amides is 2. The van der Waals surface area contributed by atoms with Crippen LogP contribution in [0.4, 0.5) is 0 Å². The van der Waals surface area contributed by atoms with E-state index < -0.39 is 0 Å². The van der Waals surface area contributed by atoms with Crippen LogP contribution >= 0.6 is 11.3 Å². The number of methoxy groups -OCH3 is 3. The highest BCUT2D eigenvalue weighted by Crippen LogP contribution is 2.28.